The number of nitrogens with one attached hydrogen (secondary N) is 1. The largest absolute Gasteiger partial charge is 0.339 e. The van der Waals surface area contributed by atoms with Gasteiger partial charge in [0, 0.05) is 37.5 Å². The van der Waals surface area contributed by atoms with E-state index in [-0.39, 0.29) is 17.7 Å². The van der Waals surface area contributed by atoms with E-state index in [4.69, 9.17) is 0 Å². The first-order chi connectivity index (χ1) is 14.7. The van der Waals surface area contributed by atoms with Crippen LogP contribution in [0, 0.1) is 5.92 Å². The minimum atomic E-state index is -0.108. The molecule has 0 aliphatic carbocycles. The number of anilines is 1. The molecule has 0 atom stereocenters. The number of piperidine rings is 1. The molecule has 6 nitrogen and oxygen atoms in total. The van der Waals surface area contributed by atoms with E-state index < -0.39 is 0 Å². The fourth-order valence-corrected chi connectivity index (χ4v) is 3.64. The minimum absolute atomic E-state index is 0.00510. The van der Waals surface area contributed by atoms with E-state index in [2.05, 4.69) is 10.3 Å². The smallest absolute Gasteiger partial charge is 0.246 e. The van der Waals surface area contributed by atoms with Crippen LogP contribution in [0.15, 0.2) is 79.4 Å². The molecule has 1 N–H and O–H groups in total. The molecule has 30 heavy (non-hydrogen) atoms. The summed E-state index contributed by atoms with van der Waals surface area (Å²) in [5.74, 6) is -0.124. The van der Waals surface area contributed by atoms with Crippen LogP contribution in [0.3, 0.4) is 0 Å². The van der Waals surface area contributed by atoms with E-state index in [9.17, 15) is 9.59 Å². The lowest BCUT2D eigenvalue weighted by molar-refractivity contribution is -0.130. The van der Waals surface area contributed by atoms with Crippen LogP contribution in [0.25, 0.3) is 11.8 Å². The van der Waals surface area contributed by atoms with Crippen LogP contribution in [-0.2, 0) is 9.59 Å². The molecule has 1 saturated heterocycles. The Kier molecular flexibility index (Phi) is 6.03. The van der Waals surface area contributed by atoms with Crippen molar-refractivity contribution in [2.24, 2.45) is 5.92 Å². The number of carbonyl (C=O) groups is 2. The normalized spacial score (nSPS) is 14.7. The third kappa shape index (κ3) is 4.66. The van der Waals surface area contributed by atoms with Gasteiger partial charge < -0.3 is 14.8 Å². The second-order valence-corrected chi connectivity index (χ2v) is 7.32. The Labute approximate surface area is 175 Å². The summed E-state index contributed by atoms with van der Waals surface area (Å²) in [5, 5.41) is 3.05. The van der Waals surface area contributed by atoms with Crippen LogP contribution in [0.1, 0.15) is 18.4 Å². The lowest BCUT2D eigenvalue weighted by Crippen LogP contribution is -2.40. The number of likely N-dealkylation sites (tertiary alicyclic amines) is 1. The van der Waals surface area contributed by atoms with Gasteiger partial charge in [-0.15, -0.1) is 0 Å². The highest BCUT2D eigenvalue weighted by Gasteiger charge is 2.27. The van der Waals surface area contributed by atoms with Crippen LogP contribution in [0.2, 0.25) is 0 Å². The number of carbonyl (C=O) groups excluding carboxylic acids is 2. The van der Waals surface area contributed by atoms with Crippen molar-refractivity contribution in [2.45, 2.75) is 12.8 Å². The second-order valence-electron chi connectivity index (χ2n) is 7.32. The summed E-state index contributed by atoms with van der Waals surface area (Å²) in [6.45, 7) is 1.17. The zero-order valence-corrected chi connectivity index (χ0v) is 16.6. The molecule has 3 aromatic rings. The van der Waals surface area contributed by atoms with Crippen molar-refractivity contribution in [3.8, 4) is 5.69 Å². The molecule has 1 aliphatic heterocycles. The maximum Gasteiger partial charge on any atom is 0.246 e. The fraction of sp³-hybridized carbons (Fsp3) is 0.208. The lowest BCUT2D eigenvalue weighted by Gasteiger charge is -2.30. The first-order valence-electron chi connectivity index (χ1n) is 10.1. The number of hydrogen-bond acceptors (Lipinski definition) is 3. The number of imidazole rings is 1. The van der Waals surface area contributed by atoms with Gasteiger partial charge in [-0.25, -0.2) is 4.98 Å². The highest BCUT2D eigenvalue weighted by molar-refractivity contribution is 5.95. The highest BCUT2D eigenvalue weighted by atomic mass is 16.2. The molecule has 2 amide bonds. The Bertz CT molecular complexity index is 1020. The summed E-state index contributed by atoms with van der Waals surface area (Å²) in [6.07, 6.45) is 10.0. The molecule has 2 aromatic carbocycles. The SMILES string of the molecule is O=C(Nc1ccccc1-n1ccnc1)C1CCN(C(=O)/C=C/c2ccccc2)CC1. The predicted molar refractivity (Wildman–Crippen MR) is 117 cm³/mol. The van der Waals surface area contributed by atoms with Crippen LogP contribution < -0.4 is 5.32 Å². The number of para-hydroxylation sites is 2. The molecule has 4 rings (SSSR count). The van der Waals surface area contributed by atoms with Crippen molar-refractivity contribution in [2.75, 3.05) is 18.4 Å². The monoisotopic (exact) mass is 400 g/mol. The number of benzene rings is 2. The van der Waals surface area contributed by atoms with Gasteiger partial charge in [0.1, 0.15) is 0 Å². The van der Waals surface area contributed by atoms with Gasteiger partial charge in [0.2, 0.25) is 11.8 Å². The number of nitrogens with zero attached hydrogens (tertiary/aromatic N) is 3. The van der Waals surface area contributed by atoms with Gasteiger partial charge in [-0.2, -0.15) is 0 Å². The van der Waals surface area contributed by atoms with Gasteiger partial charge in [0.25, 0.3) is 0 Å². The van der Waals surface area contributed by atoms with Crippen molar-refractivity contribution in [3.63, 3.8) is 0 Å². The van der Waals surface area contributed by atoms with Crippen molar-refractivity contribution in [1.29, 1.82) is 0 Å². The van der Waals surface area contributed by atoms with Crippen molar-refractivity contribution < 1.29 is 9.59 Å². The summed E-state index contributed by atoms with van der Waals surface area (Å²) >= 11 is 0. The van der Waals surface area contributed by atoms with E-state index in [1.165, 1.54) is 0 Å². The van der Waals surface area contributed by atoms with E-state index >= 15 is 0 Å². The van der Waals surface area contributed by atoms with Crippen LogP contribution in [-0.4, -0.2) is 39.4 Å². The Balaban J connectivity index is 1.33. The number of amides is 2. The van der Waals surface area contributed by atoms with Gasteiger partial charge in [-0.1, -0.05) is 42.5 Å². The number of rotatable bonds is 5. The Hall–Kier alpha value is -3.67. The molecular formula is C24H24N4O2. The zero-order chi connectivity index (χ0) is 20.8. The summed E-state index contributed by atoms with van der Waals surface area (Å²) in [7, 11) is 0. The van der Waals surface area contributed by atoms with Crippen molar-refractivity contribution in [3.05, 3.63) is 85.0 Å². The van der Waals surface area contributed by atoms with E-state index in [1.807, 2.05) is 76.3 Å². The quantitative estimate of drug-likeness (QED) is 0.663. The molecule has 1 aromatic heterocycles. The Morgan fingerprint density at radius 2 is 1.73 bits per heavy atom. The fourth-order valence-electron chi connectivity index (χ4n) is 3.64. The summed E-state index contributed by atoms with van der Waals surface area (Å²) in [6, 6.07) is 17.4. The molecule has 1 aliphatic rings. The second kappa shape index (κ2) is 9.22. The Morgan fingerprint density at radius 1 is 1.00 bits per heavy atom. The molecule has 1 fully saturated rings. The molecule has 0 spiro atoms. The first-order valence-corrected chi connectivity index (χ1v) is 10.1. The van der Waals surface area contributed by atoms with Crippen LogP contribution >= 0.6 is 0 Å². The van der Waals surface area contributed by atoms with Gasteiger partial charge in [0.05, 0.1) is 17.7 Å². The third-order valence-corrected chi connectivity index (χ3v) is 5.34. The predicted octanol–water partition coefficient (Wildman–Crippen LogP) is 3.76. The molecule has 0 bridgehead atoms. The van der Waals surface area contributed by atoms with Gasteiger partial charge in [-0.05, 0) is 36.6 Å². The van der Waals surface area contributed by atoms with Gasteiger partial charge in [-0.3, -0.25) is 9.59 Å². The van der Waals surface area contributed by atoms with Gasteiger partial charge >= 0.3 is 0 Å². The summed E-state index contributed by atoms with van der Waals surface area (Å²) in [4.78, 5) is 31.2. The molecular weight excluding hydrogens is 376 g/mol. The molecule has 152 valence electrons. The topological polar surface area (TPSA) is 67.2 Å². The van der Waals surface area contributed by atoms with Crippen LogP contribution in [0.4, 0.5) is 5.69 Å². The third-order valence-electron chi connectivity index (χ3n) is 5.34. The molecule has 2 heterocycles. The number of aromatic nitrogens is 2. The number of hydrogen-bond donors (Lipinski definition) is 1. The zero-order valence-electron chi connectivity index (χ0n) is 16.6. The van der Waals surface area contributed by atoms with E-state index in [0.29, 0.717) is 25.9 Å². The summed E-state index contributed by atoms with van der Waals surface area (Å²) in [5.41, 5.74) is 2.63. The lowest BCUT2D eigenvalue weighted by atomic mass is 9.95. The van der Waals surface area contributed by atoms with Crippen molar-refractivity contribution >= 4 is 23.6 Å². The van der Waals surface area contributed by atoms with E-state index in [1.54, 1.807) is 18.6 Å². The van der Waals surface area contributed by atoms with Crippen LogP contribution in [0.5, 0.6) is 0 Å². The minimum Gasteiger partial charge on any atom is -0.339 e. The van der Waals surface area contributed by atoms with Gasteiger partial charge in [0.15, 0.2) is 0 Å². The average molecular weight is 400 g/mol. The van der Waals surface area contributed by atoms with Crippen molar-refractivity contribution in [1.82, 2.24) is 14.5 Å². The highest BCUT2D eigenvalue weighted by Crippen LogP contribution is 2.23. The molecule has 0 radical (unpaired) electrons. The average Bonchev–Trinajstić information content (AvgIpc) is 3.33. The summed E-state index contributed by atoms with van der Waals surface area (Å²) < 4.78 is 1.87. The molecule has 0 unspecified atom stereocenters. The first kappa shape index (κ1) is 19.6. The van der Waals surface area contributed by atoms with E-state index in [0.717, 1.165) is 16.9 Å². The maximum absolute atomic E-state index is 12.8. The Morgan fingerprint density at radius 3 is 2.47 bits per heavy atom. The standard InChI is InChI=1S/C24H24N4O2/c29-23(11-10-19-6-2-1-3-7-19)27-15-12-20(13-16-27)24(30)26-21-8-4-5-9-22(21)28-17-14-25-18-28/h1-11,14,17-18,20H,12-13,15-16H2,(H,26,30)/b11-10+. The molecule has 0 saturated carbocycles. The maximum atomic E-state index is 12.8. The molecule has 6 heteroatoms.